The van der Waals surface area contributed by atoms with Gasteiger partial charge >= 0.3 is 0 Å². The van der Waals surface area contributed by atoms with Crippen LogP contribution in [0.4, 0.5) is 0 Å². The molecule has 2 atom stereocenters. The predicted octanol–water partition coefficient (Wildman–Crippen LogP) is 6.87. The molecule has 118 valence electrons. The summed E-state index contributed by atoms with van der Waals surface area (Å²) in [6, 6.07) is 0. The number of halogens is 2. The zero-order valence-electron chi connectivity index (χ0n) is 13.1. The van der Waals surface area contributed by atoms with Crippen LogP contribution in [0, 0.1) is 17.3 Å². The third-order valence-corrected chi connectivity index (χ3v) is 7.45. The maximum absolute atomic E-state index is 6.69. The molecule has 22 heavy (non-hydrogen) atoms. The summed E-state index contributed by atoms with van der Waals surface area (Å²) in [6.45, 7) is 4.18. The molecule has 1 spiro atoms. The van der Waals surface area contributed by atoms with Gasteiger partial charge in [0.1, 0.15) is 0 Å². The van der Waals surface area contributed by atoms with Gasteiger partial charge in [0.25, 0.3) is 0 Å². The van der Waals surface area contributed by atoms with E-state index in [9.17, 15) is 0 Å². The van der Waals surface area contributed by atoms with Crippen LogP contribution in [0.25, 0.3) is 0 Å². The second-order valence-corrected chi connectivity index (χ2v) is 8.32. The van der Waals surface area contributed by atoms with Crippen molar-refractivity contribution in [2.45, 2.75) is 57.8 Å². The fraction of sp³-hybridized carbons (Fsp3) is 0.600. The summed E-state index contributed by atoms with van der Waals surface area (Å²) in [4.78, 5) is 0. The number of hydrogen-bond acceptors (Lipinski definition) is 0. The molecule has 2 unspecified atom stereocenters. The molecule has 0 saturated heterocycles. The molecule has 1 saturated carbocycles. The first-order chi connectivity index (χ1) is 10.6. The maximum atomic E-state index is 6.69. The largest absolute Gasteiger partial charge is 0.0943 e. The van der Waals surface area contributed by atoms with Gasteiger partial charge in [-0.15, -0.1) is 0 Å². The van der Waals surface area contributed by atoms with Gasteiger partial charge in [-0.3, -0.25) is 0 Å². The van der Waals surface area contributed by atoms with E-state index >= 15 is 0 Å². The topological polar surface area (TPSA) is 0 Å². The van der Waals surface area contributed by atoms with Gasteiger partial charge < -0.3 is 0 Å². The monoisotopic (exact) mass is 334 g/mol. The Morgan fingerprint density at radius 3 is 2.59 bits per heavy atom. The highest BCUT2D eigenvalue weighted by Crippen LogP contribution is 2.62. The minimum Gasteiger partial charge on any atom is -0.0943 e. The third kappa shape index (κ3) is 2.10. The highest BCUT2D eigenvalue weighted by Gasteiger charge is 2.52. The predicted molar refractivity (Wildman–Crippen MR) is 95.0 cm³/mol. The first-order valence-corrected chi connectivity index (χ1v) is 9.54. The third-order valence-electron chi connectivity index (χ3n) is 6.59. The minimum absolute atomic E-state index is 0.410. The van der Waals surface area contributed by atoms with E-state index in [0.29, 0.717) is 17.3 Å². The zero-order chi connectivity index (χ0) is 15.3. The van der Waals surface area contributed by atoms with Crippen LogP contribution in [0.2, 0.25) is 0 Å². The maximum Gasteiger partial charge on any atom is 0.0467 e. The van der Waals surface area contributed by atoms with Crippen molar-refractivity contribution in [3.05, 3.63) is 45.5 Å². The molecular weight excluding hydrogens is 311 g/mol. The molecule has 4 aliphatic carbocycles. The zero-order valence-corrected chi connectivity index (χ0v) is 14.6. The molecule has 0 bridgehead atoms. The highest BCUT2D eigenvalue weighted by molar-refractivity contribution is 6.33. The Labute approximate surface area is 143 Å². The fourth-order valence-corrected chi connectivity index (χ4v) is 6.18. The van der Waals surface area contributed by atoms with E-state index < -0.39 is 0 Å². The summed E-state index contributed by atoms with van der Waals surface area (Å²) in [5.74, 6) is 1.27. The van der Waals surface area contributed by atoms with Crippen molar-refractivity contribution in [3.63, 3.8) is 0 Å². The molecule has 4 rings (SSSR count). The molecule has 0 aliphatic heterocycles. The van der Waals surface area contributed by atoms with E-state index in [1.807, 2.05) is 0 Å². The number of hydrogen-bond donors (Lipinski definition) is 0. The number of rotatable bonds is 0. The van der Waals surface area contributed by atoms with Gasteiger partial charge in [0, 0.05) is 10.1 Å². The second kappa shape index (κ2) is 5.56. The molecule has 0 heterocycles. The summed E-state index contributed by atoms with van der Waals surface area (Å²) < 4.78 is 0. The van der Waals surface area contributed by atoms with Gasteiger partial charge in [-0.05, 0) is 72.5 Å². The molecule has 0 aromatic heterocycles. The molecule has 2 heteroatoms. The number of fused-ring (bicyclic) bond motifs is 4. The first kappa shape index (κ1) is 15.1. The fourth-order valence-electron chi connectivity index (χ4n) is 5.60. The van der Waals surface area contributed by atoms with Crippen molar-refractivity contribution >= 4 is 23.2 Å². The summed E-state index contributed by atoms with van der Waals surface area (Å²) >= 11 is 13.3. The number of allylic oxidation sites excluding steroid dienone is 7. The molecule has 0 N–H and O–H groups in total. The smallest absolute Gasteiger partial charge is 0.0467 e. The SMILES string of the molecule is C=C1CCC2C(=C1Cl)C=C1C(Cl)=CCCC1C21CCCCC1. The standard InChI is InChI=1S/C20H24Cl2/c1-13-8-9-17-15(19(13)22)12-14-16(6-5-7-18(14)21)20(17)10-3-2-4-11-20/h7,12,16-17H,1-6,8-11H2. The van der Waals surface area contributed by atoms with E-state index in [4.69, 9.17) is 23.2 Å². The van der Waals surface area contributed by atoms with Gasteiger partial charge in [0.05, 0.1) is 0 Å². The Morgan fingerprint density at radius 1 is 1.05 bits per heavy atom. The van der Waals surface area contributed by atoms with Gasteiger partial charge in [-0.2, -0.15) is 0 Å². The molecule has 1 fully saturated rings. The lowest BCUT2D eigenvalue weighted by Gasteiger charge is -2.55. The molecule has 0 radical (unpaired) electrons. The Kier molecular flexibility index (Phi) is 3.82. The molecule has 0 nitrogen and oxygen atoms in total. The molecule has 0 aromatic carbocycles. The highest BCUT2D eigenvalue weighted by atomic mass is 35.5. The summed E-state index contributed by atoms with van der Waals surface area (Å²) in [6.07, 6.45) is 16.1. The molecular formula is C20H24Cl2. The van der Waals surface area contributed by atoms with Crippen molar-refractivity contribution in [2.75, 3.05) is 0 Å². The van der Waals surface area contributed by atoms with E-state index in [1.165, 1.54) is 56.1 Å². The Balaban J connectivity index is 1.91. The van der Waals surface area contributed by atoms with E-state index in [1.54, 1.807) is 0 Å². The Hall–Kier alpha value is -0.460. The van der Waals surface area contributed by atoms with Gasteiger partial charge in [-0.1, -0.05) is 61.2 Å². The van der Waals surface area contributed by atoms with Crippen LogP contribution in [-0.2, 0) is 0 Å². The van der Waals surface area contributed by atoms with Crippen LogP contribution in [0.5, 0.6) is 0 Å². The van der Waals surface area contributed by atoms with Crippen molar-refractivity contribution in [1.29, 1.82) is 0 Å². The average molecular weight is 335 g/mol. The molecule has 0 aromatic rings. The van der Waals surface area contributed by atoms with Crippen LogP contribution in [0.3, 0.4) is 0 Å². The minimum atomic E-state index is 0.410. The van der Waals surface area contributed by atoms with Crippen molar-refractivity contribution in [2.24, 2.45) is 17.3 Å². The van der Waals surface area contributed by atoms with E-state index in [2.05, 4.69) is 18.7 Å². The Morgan fingerprint density at radius 2 is 1.82 bits per heavy atom. The van der Waals surface area contributed by atoms with Crippen LogP contribution < -0.4 is 0 Å². The summed E-state index contributed by atoms with van der Waals surface area (Å²) in [7, 11) is 0. The van der Waals surface area contributed by atoms with Crippen molar-refractivity contribution in [3.8, 4) is 0 Å². The lowest BCUT2D eigenvalue weighted by Crippen LogP contribution is -2.45. The normalized spacial score (nSPS) is 34.0. The van der Waals surface area contributed by atoms with E-state index in [0.717, 1.165) is 28.5 Å². The van der Waals surface area contributed by atoms with Crippen LogP contribution >= 0.6 is 23.2 Å². The summed E-state index contributed by atoms with van der Waals surface area (Å²) in [5, 5.41) is 1.91. The summed E-state index contributed by atoms with van der Waals surface area (Å²) in [5.41, 5.74) is 4.24. The average Bonchev–Trinajstić information content (AvgIpc) is 2.54. The van der Waals surface area contributed by atoms with Gasteiger partial charge in [0.2, 0.25) is 0 Å². The lowest BCUT2D eigenvalue weighted by atomic mass is 9.50. The van der Waals surface area contributed by atoms with Crippen LogP contribution in [0.15, 0.2) is 45.5 Å². The lowest BCUT2D eigenvalue weighted by molar-refractivity contribution is 0.0430. The quantitative estimate of drug-likeness (QED) is 0.453. The van der Waals surface area contributed by atoms with Crippen LogP contribution in [0.1, 0.15) is 57.8 Å². The first-order valence-electron chi connectivity index (χ1n) is 8.79. The van der Waals surface area contributed by atoms with Crippen LogP contribution in [-0.4, -0.2) is 0 Å². The van der Waals surface area contributed by atoms with Gasteiger partial charge in [-0.25, -0.2) is 0 Å². The van der Waals surface area contributed by atoms with Crippen molar-refractivity contribution < 1.29 is 0 Å². The Bertz CT molecular complexity index is 599. The second-order valence-electron chi connectivity index (χ2n) is 7.54. The van der Waals surface area contributed by atoms with Gasteiger partial charge in [0.15, 0.2) is 0 Å². The molecule has 0 amide bonds. The van der Waals surface area contributed by atoms with E-state index in [-0.39, 0.29) is 0 Å². The van der Waals surface area contributed by atoms with Crippen molar-refractivity contribution in [1.82, 2.24) is 0 Å². The molecule has 4 aliphatic rings.